The first kappa shape index (κ1) is 26.2. The lowest BCUT2D eigenvalue weighted by Crippen LogP contribution is -2.35. The van der Waals surface area contributed by atoms with Crippen LogP contribution in [0.1, 0.15) is 94.6 Å². The van der Waals surface area contributed by atoms with Crippen molar-refractivity contribution in [1.82, 2.24) is 24.2 Å². The van der Waals surface area contributed by atoms with Gasteiger partial charge >= 0.3 is 6.09 Å². The zero-order valence-electron chi connectivity index (χ0n) is 23.2. The number of aromatic nitrogens is 4. The Balaban J connectivity index is 1.32. The van der Waals surface area contributed by atoms with Crippen molar-refractivity contribution in [3.8, 4) is 17.9 Å². The number of benzene rings is 1. The molecule has 1 amide bonds. The molecule has 0 unspecified atom stereocenters. The number of anilines is 1. The molecule has 1 atom stereocenters. The van der Waals surface area contributed by atoms with Gasteiger partial charge in [-0.1, -0.05) is 18.8 Å². The summed E-state index contributed by atoms with van der Waals surface area (Å²) in [6.07, 6.45) is 8.55. The number of rotatable bonds is 4. The molecule has 0 spiro atoms. The van der Waals surface area contributed by atoms with E-state index in [-0.39, 0.29) is 23.7 Å². The van der Waals surface area contributed by atoms with Crippen LogP contribution in [0.15, 0.2) is 18.5 Å². The molecule has 9 nitrogen and oxygen atoms in total. The summed E-state index contributed by atoms with van der Waals surface area (Å²) in [5, 5.41) is 18.5. The number of amides is 1. The zero-order chi connectivity index (χ0) is 28.0. The minimum absolute atomic E-state index is 0.140. The molecule has 10 heteroatoms. The van der Waals surface area contributed by atoms with Crippen LogP contribution in [0.25, 0.3) is 11.0 Å². The van der Waals surface area contributed by atoms with Gasteiger partial charge in [0, 0.05) is 31.2 Å². The van der Waals surface area contributed by atoms with E-state index in [2.05, 4.69) is 28.2 Å². The molecule has 0 bridgehead atoms. The maximum atomic E-state index is 15.1. The van der Waals surface area contributed by atoms with Crippen LogP contribution in [-0.2, 0) is 4.74 Å². The molecule has 6 rings (SSSR count). The van der Waals surface area contributed by atoms with Crippen LogP contribution in [0.4, 0.5) is 15.0 Å². The van der Waals surface area contributed by atoms with Gasteiger partial charge in [-0.2, -0.15) is 10.4 Å². The summed E-state index contributed by atoms with van der Waals surface area (Å²) < 4.78 is 24.5. The van der Waals surface area contributed by atoms with Crippen LogP contribution >= 0.6 is 0 Å². The van der Waals surface area contributed by atoms with Crippen molar-refractivity contribution >= 4 is 22.9 Å². The van der Waals surface area contributed by atoms with Gasteiger partial charge in [-0.3, -0.25) is 0 Å². The second kappa shape index (κ2) is 10.2. The van der Waals surface area contributed by atoms with Crippen LogP contribution in [0.3, 0.4) is 0 Å². The van der Waals surface area contributed by atoms with Crippen LogP contribution in [-0.4, -0.2) is 55.1 Å². The summed E-state index contributed by atoms with van der Waals surface area (Å²) in [5.41, 5.74) is 1.73. The number of ether oxygens (including phenoxy) is 1. The van der Waals surface area contributed by atoms with Gasteiger partial charge in [0.2, 0.25) is 0 Å². The topological polar surface area (TPSA) is 101 Å². The first-order valence-electron chi connectivity index (χ1n) is 14.2. The Morgan fingerprint density at radius 1 is 1.12 bits per heavy atom. The van der Waals surface area contributed by atoms with Crippen molar-refractivity contribution in [1.29, 1.82) is 5.26 Å². The van der Waals surface area contributed by atoms with E-state index in [1.807, 2.05) is 30.0 Å². The lowest BCUT2D eigenvalue weighted by Gasteiger charge is -2.24. The minimum atomic E-state index is -0.582. The predicted molar refractivity (Wildman–Crippen MR) is 148 cm³/mol. The average molecular weight is 544 g/mol. The molecule has 3 aromatic rings. The molecule has 2 aromatic heterocycles. The van der Waals surface area contributed by atoms with Gasteiger partial charge in [0.1, 0.15) is 28.9 Å². The second-order valence-corrected chi connectivity index (χ2v) is 12.1. The summed E-state index contributed by atoms with van der Waals surface area (Å²) in [5.74, 6) is 6.09. The first-order valence-corrected chi connectivity index (χ1v) is 14.2. The maximum absolute atomic E-state index is 15.1. The third-order valence-electron chi connectivity index (χ3n) is 7.80. The fourth-order valence-electron chi connectivity index (χ4n) is 5.64. The Bertz CT molecular complexity index is 1550. The van der Waals surface area contributed by atoms with Crippen LogP contribution in [0, 0.1) is 29.0 Å². The molecule has 3 heterocycles. The Morgan fingerprint density at radius 2 is 1.90 bits per heavy atom. The highest BCUT2D eigenvalue weighted by Gasteiger charge is 2.34. The van der Waals surface area contributed by atoms with Crippen molar-refractivity contribution in [2.45, 2.75) is 89.4 Å². The Kier molecular flexibility index (Phi) is 6.66. The Morgan fingerprint density at radius 3 is 2.60 bits per heavy atom. The van der Waals surface area contributed by atoms with Gasteiger partial charge < -0.3 is 19.5 Å². The average Bonchev–Trinajstić information content (AvgIpc) is 3.29. The summed E-state index contributed by atoms with van der Waals surface area (Å²) in [4.78, 5) is 18.8. The zero-order valence-corrected chi connectivity index (χ0v) is 23.2. The van der Waals surface area contributed by atoms with E-state index in [1.165, 1.54) is 6.07 Å². The van der Waals surface area contributed by atoms with Crippen molar-refractivity contribution in [2.75, 3.05) is 18.4 Å². The predicted octanol–water partition coefficient (Wildman–Crippen LogP) is 5.51. The van der Waals surface area contributed by atoms with Gasteiger partial charge in [0.25, 0.3) is 0 Å². The Labute approximate surface area is 233 Å². The molecular weight excluding hydrogens is 509 g/mol. The van der Waals surface area contributed by atoms with Crippen LogP contribution in [0.2, 0.25) is 0 Å². The lowest BCUT2D eigenvalue weighted by atomic mass is 10.1. The summed E-state index contributed by atoms with van der Waals surface area (Å²) in [6, 6.07) is 5.94. The van der Waals surface area contributed by atoms with Gasteiger partial charge in [-0.15, -0.1) is 0 Å². The SMILES string of the molecule is CC(C)(C)OC(=O)N1CC[C@H](n2nc(C#Cc3cc4ncn(C5CC5)c4cc3F)c(C#N)c2NC2CCCC2)C1. The molecular formula is C30H34FN7O2. The first-order chi connectivity index (χ1) is 19.2. The molecule has 3 aliphatic rings. The number of hydrogen-bond acceptors (Lipinski definition) is 6. The molecule has 2 saturated carbocycles. The monoisotopic (exact) mass is 543 g/mol. The highest BCUT2D eigenvalue weighted by atomic mass is 19.1. The Hall–Kier alpha value is -4.05. The van der Waals surface area contributed by atoms with Crippen molar-refractivity contribution in [3.05, 3.63) is 41.1 Å². The highest BCUT2D eigenvalue weighted by Crippen LogP contribution is 2.37. The van der Waals surface area contributed by atoms with E-state index < -0.39 is 11.4 Å². The van der Waals surface area contributed by atoms with E-state index in [0.29, 0.717) is 48.1 Å². The van der Waals surface area contributed by atoms with E-state index in [1.54, 1.807) is 17.3 Å². The molecule has 208 valence electrons. The van der Waals surface area contributed by atoms with E-state index in [4.69, 9.17) is 9.84 Å². The number of nitrogens with one attached hydrogen (secondary N) is 1. The number of nitriles is 1. The van der Waals surface area contributed by atoms with Gasteiger partial charge in [0.05, 0.1) is 29.0 Å². The fourth-order valence-corrected chi connectivity index (χ4v) is 5.64. The number of likely N-dealkylation sites (tertiary alicyclic amines) is 1. The van der Waals surface area contributed by atoms with E-state index in [0.717, 1.165) is 44.0 Å². The third kappa shape index (κ3) is 5.23. The number of halogens is 1. The van der Waals surface area contributed by atoms with Crippen LogP contribution in [0.5, 0.6) is 0 Å². The molecule has 1 aromatic carbocycles. The molecule has 40 heavy (non-hydrogen) atoms. The van der Waals surface area contributed by atoms with E-state index in [9.17, 15) is 10.1 Å². The third-order valence-corrected chi connectivity index (χ3v) is 7.80. The molecule has 0 radical (unpaired) electrons. The number of nitrogens with zero attached hydrogens (tertiary/aromatic N) is 6. The number of hydrogen-bond donors (Lipinski definition) is 1. The largest absolute Gasteiger partial charge is 0.444 e. The maximum Gasteiger partial charge on any atom is 0.410 e. The quantitative estimate of drug-likeness (QED) is 0.435. The smallest absolute Gasteiger partial charge is 0.410 e. The molecule has 3 fully saturated rings. The number of carbonyl (C=O) groups excluding carboxylic acids is 1. The normalized spacial score (nSPS) is 19.5. The lowest BCUT2D eigenvalue weighted by molar-refractivity contribution is 0.0288. The second-order valence-electron chi connectivity index (χ2n) is 12.1. The molecule has 1 N–H and O–H groups in total. The van der Waals surface area contributed by atoms with Crippen LogP contribution < -0.4 is 5.32 Å². The minimum Gasteiger partial charge on any atom is -0.444 e. The molecule has 1 aliphatic heterocycles. The summed E-state index contributed by atoms with van der Waals surface area (Å²) in [7, 11) is 0. The standard InChI is InChI=1S/C30H34FN7O2/c1-30(2,3)40-29(39)36-13-12-22(17-36)38-28(34-20-6-4-5-7-20)23(16-32)25(35-38)11-8-19-14-26-27(15-24(19)31)37(18-33-26)21-9-10-21/h14-15,18,20-22,34H,4-7,9-10,12-13,17H2,1-3H3/t22-/m0/s1. The van der Waals surface area contributed by atoms with E-state index >= 15 is 4.39 Å². The molecule has 2 aliphatic carbocycles. The van der Waals surface area contributed by atoms with Crippen molar-refractivity contribution in [3.63, 3.8) is 0 Å². The number of imidazole rings is 1. The van der Waals surface area contributed by atoms with Gasteiger partial charge in [0.15, 0.2) is 5.69 Å². The summed E-state index contributed by atoms with van der Waals surface area (Å²) >= 11 is 0. The summed E-state index contributed by atoms with van der Waals surface area (Å²) in [6.45, 7) is 6.49. The van der Waals surface area contributed by atoms with Crippen molar-refractivity contribution in [2.24, 2.45) is 0 Å². The molecule has 1 saturated heterocycles. The van der Waals surface area contributed by atoms with Gasteiger partial charge in [-0.25, -0.2) is 18.9 Å². The fraction of sp³-hybridized carbons (Fsp3) is 0.533. The highest BCUT2D eigenvalue weighted by molar-refractivity contribution is 5.78. The number of fused-ring (bicyclic) bond motifs is 1. The van der Waals surface area contributed by atoms with Gasteiger partial charge in [-0.05, 0) is 64.9 Å². The van der Waals surface area contributed by atoms with Crippen molar-refractivity contribution < 1.29 is 13.9 Å². The number of carbonyl (C=O) groups is 1.